The number of nitrogens with one attached hydrogen (secondary N) is 1. The highest BCUT2D eigenvalue weighted by Gasteiger charge is 2.09. The van der Waals surface area contributed by atoms with E-state index in [1.165, 1.54) is 57.8 Å². The lowest BCUT2D eigenvalue weighted by Gasteiger charge is -2.17. The quantitative estimate of drug-likeness (QED) is 0.611. The van der Waals surface area contributed by atoms with Crippen LogP contribution in [0, 0.1) is 0 Å². The highest BCUT2D eigenvalue weighted by molar-refractivity contribution is 4.79. The van der Waals surface area contributed by atoms with Gasteiger partial charge in [0.1, 0.15) is 0 Å². The molecule has 0 spiro atoms. The maximum Gasteiger partial charge on any atom is 0.213 e. The van der Waals surface area contributed by atoms with Crippen LogP contribution in [0.4, 0.5) is 0 Å². The zero-order valence-electron chi connectivity index (χ0n) is 11.8. The molecule has 0 aliphatic heterocycles. The van der Waals surface area contributed by atoms with Crippen molar-refractivity contribution < 1.29 is 4.52 Å². The molecule has 0 radical (unpaired) electrons. The predicted octanol–water partition coefficient (Wildman–Crippen LogP) is 3.69. The number of rotatable bonds is 11. The van der Waals surface area contributed by atoms with Gasteiger partial charge in [-0.2, -0.15) is 4.98 Å². The molecular formula is C14H27N3O. The van der Waals surface area contributed by atoms with Gasteiger partial charge in [-0.1, -0.05) is 57.5 Å². The molecule has 0 aliphatic rings. The summed E-state index contributed by atoms with van der Waals surface area (Å²) in [6, 6.07) is 0.599. The first-order chi connectivity index (χ1) is 8.86. The minimum Gasteiger partial charge on any atom is -0.343 e. The fourth-order valence-electron chi connectivity index (χ4n) is 2.14. The Balaban J connectivity index is 2.23. The standard InChI is InChI=1S/C14H27N3O/c1-3-5-7-9-13(10-8-6-4-2)15-11-14-16-12-18-17-14/h12-13,15H,3-11H2,1-2H3. The zero-order chi connectivity index (χ0) is 13.1. The average molecular weight is 253 g/mol. The second-order valence-corrected chi connectivity index (χ2v) is 4.92. The van der Waals surface area contributed by atoms with Crippen molar-refractivity contribution in [3.8, 4) is 0 Å². The molecular weight excluding hydrogens is 226 g/mol. The first-order valence-corrected chi connectivity index (χ1v) is 7.35. The summed E-state index contributed by atoms with van der Waals surface area (Å²) < 4.78 is 4.74. The molecule has 1 heterocycles. The number of nitrogens with zero attached hydrogens (tertiary/aromatic N) is 2. The van der Waals surface area contributed by atoms with Gasteiger partial charge in [0.2, 0.25) is 6.39 Å². The van der Waals surface area contributed by atoms with E-state index >= 15 is 0 Å². The first kappa shape index (κ1) is 15.2. The number of aromatic nitrogens is 2. The molecule has 1 aromatic heterocycles. The van der Waals surface area contributed by atoms with Gasteiger partial charge in [-0.05, 0) is 12.8 Å². The van der Waals surface area contributed by atoms with E-state index in [9.17, 15) is 0 Å². The Morgan fingerprint density at radius 3 is 2.28 bits per heavy atom. The normalized spacial score (nSPS) is 11.3. The lowest BCUT2D eigenvalue weighted by molar-refractivity contribution is 0.389. The van der Waals surface area contributed by atoms with Gasteiger partial charge in [-0.15, -0.1) is 0 Å². The van der Waals surface area contributed by atoms with Gasteiger partial charge in [0, 0.05) is 6.04 Å². The Kier molecular flexibility index (Phi) is 8.47. The van der Waals surface area contributed by atoms with Gasteiger partial charge < -0.3 is 9.84 Å². The summed E-state index contributed by atoms with van der Waals surface area (Å²) in [6.45, 7) is 5.22. The van der Waals surface area contributed by atoms with Gasteiger partial charge in [0.15, 0.2) is 5.82 Å². The van der Waals surface area contributed by atoms with Crippen LogP contribution >= 0.6 is 0 Å². The third-order valence-corrected chi connectivity index (χ3v) is 3.27. The lowest BCUT2D eigenvalue weighted by atomic mass is 10.0. The zero-order valence-corrected chi connectivity index (χ0v) is 11.8. The van der Waals surface area contributed by atoms with Crippen molar-refractivity contribution >= 4 is 0 Å². The molecule has 0 aromatic carbocycles. The summed E-state index contributed by atoms with van der Waals surface area (Å²) in [5.74, 6) is 0.756. The highest BCUT2D eigenvalue weighted by Crippen LogP contribution is 2.11. The van der Waals surface area contributed by atoms with E-state index in [0.29, 0.717) is 6.04 Å². The Morgan fingerprint density at radius 1 is 1.11 bits per heavy atom. The molecule has 1 N–H and O–H groups in total. The van der Waals surface area contributed by atoms with Crippen molar-refractivity contribution in [3.05, 3.63) is 12.2 Å². The highest BCUT2D eigenvalue weighted by atomic mass is 16.5. The second kappa shape index (κ2) is 10.1. The van der Waals surface area contributed by atoms with E-state index < -0.39 is 0 Å². The Labute approximate surface area is 111 Å². The molecule has 0 amide bonds. The Morgan fingerprint density at radius 2 is 1.78 bits per heavy atom. The SMILES string of the molecule is CCCCCC(CCCCC)NCc1ncon1. The summed E-state index contributed by atoms with van der Waals surface area (Å²) >= 11 is 0. The van der Waals surface area contributed by atoms with E-state index in [1.807, 2.05) is 0 Å². The summed E-state index contributed by atoms with van der Waals surface area (Å²) in [4.78, 5) is 4.04. The second-order valence-electron chi connectivity index (χ2n) is 4.92. The molecule has 0 unspecified atom stereocenters. The largest absolute Gasteiger partial charge is 0.343 e. The number of hydrogen-bond acceptors (Lipinski definition) is 4. The summed E-state index contributed by atoms with van der Waals surface area (Å²) in [7, 11) is 0. The minimum absolute atomic E-state index is 0.599. The fraction of sp³-hybridized carbons (Fsp3) is 0.857. The molecule has 0 fully saturated rings. The average Bonchev–Trinajstić information content (AvgIpc) is 2.89. The van der Waals surface area contributed by atoms with Crippen LogP contribution in [0.3, 0.4) is 0 Å². The Hall–Kier alpha value is -0.900. The van der Waals surface area contributed by atoms with Crippen molar-refractivity contribution in [1.82, 2.24) is 15.5 Å². The molecule has 0 bridgehead atoms. The molecule has 1 rings (SSSR count). The topological polar surface area (TPSA) is 51.0 Å². The van der Waals surface area contributed by atoms with Crippen LogP contribution in [0.5, 0.6) is 0 Å². The molecule has 1 aromatic rings. The van der Waals surface area contributed by atoms with Crippen molar-refractivity contribution in [2.45, 2.75) is 77.8 Å². The molecule has 4 nitrogen and oxygen atoms in total. The van der Waals surface area contributed by atoms with Crippen LogP contribution in [0.25, 0.3) is 0 Å². The molecule has 18 heavy (non-hydrogen) atoms. The summed E-state index contributed by atoms with van der Waals surface area (Å²) in [6.07, 6.45) is 11.8. The maximum absolute atomic E-state index is 4.74. The predicted molar refractivity (Wildman–Crippen MR) is 73.2 cm³/mol. The Bertz CT molecular complexity index is 265. The van der Waals surface area contributed by atoms with E-state index in [-0.39, 0.29) is 0 Å². The van der Waals surface area contributed by atoms with Crippen LogP contribution < -0.4 is 5.32 Å². The molecule has 4 heteroatoms. The van der Waals surface area contributed by atoms with Crippen molar-refractivity contribution in [2.24, 2.45) is 0 Å². The van der Waals surface area contributed by atoms with Gasteiger partial charge in [0.05, 0.1) is 6.54 Å². The van der Waals surface area contributed by atoms with Gasteiger partial charge in [-0.25, -0.2) is 0 Å². The molecule has 0 atom stereocenters. The molecule has 0 saturated heterocycles. The monoisotopic (exact) mass is 253 g/mol. The maximum atomic E-state index is 4.74. The van der Waals surface area contributed by atoms with Gasteiger partial charge in [-0.3, -0.25) is 0 Å². The smallest absolute Gasteiger partial charge is 0.213 e. The van der Waals surface area contributed by atoms with Crippen LogP contribution in [-0.4, -0.2) is 16.2 Å². The van der Waals surface area contributed by atoms with Crippen LogP contribution in [-0.2, 0) is 6.54 Å². The summed E-state index contributed by atoms with van der Waals surface area (Å²) in [5.41, 5.74) is 0. The van der Waals surface area contributed by atoms with E-state index in [1.54, 1.807) is 0 Å². The van der Waals surface area contributed by atoms with Crippen molar-refractivity contribution in [2.75, 3.05) is 0 Å². The van der Waals surface area contributed by atoms with E-state index in [2.05, 4.69) is 29.3 Å². The minimum atomic E-state index is 0.599. The molecule has 0 saturated carbocycles. The van der Waals surface area contributed by atoms with Crippen molar-refractivity contribution in [1.29, 1.82) is 0 Å². The first-order valence-electron chi connectivity index (χ1n) is 7.35. The molecule has 0 aliphatic carbocycles. The fourth-order valence-corrected chi connectivity index (χ4v) is 2.14. The van der Waals surface area contributed by atoms with Gasteiger partial charge >= 0.3 is 0 Å². The van der Waals surface area contributed by atoms with E-state index in [4.69, 9.17) is 4.52 Å². The van der Waals surface area contributed by atoms with Crippen LogP contribution in [0.15, 0.2) is 10.9 Å². The molecule has 104 valence electrons. The number of hydrogen-bond donors (Lipinski definition) is 1. The third kappa shape index (κ3) is 6.74. The van der Waals surface area contributed by atoms with E-state index in [0.717, 1.165) is 12.4 Å². The van der Waals surface area contributed by atoms with Crippen LogP contribution in [0.1, 0.15) is 71.0 Å². The van der Waals surface area contributed by atoms with Crippen molar-refractivity contribution in [3.63, 3.8) is 0 Å². The van der Waals surface area contributed by atoms with Gasteiger partial charge in [0.25, 0.3) is 0 Å². The van der Waals surface area contributed by atoms with Crippen LogP contribution in [0.2, 0.25) is 0 Å². The number of unbranched alkanes of at least 4 members (excludes halogenated alkanes) is 4. The third-order valence-electron chi connectivity index (χ3n) is 3.27. The lowest BCUT2D eigenvalue weighted by Crippen LogP contribution is -2.29. The summed E-state index contributed by atoms with van der Waals surface area (Å²) in [5, 5.41) is 7.39.